The Morgan fingerprint density at radius 3 is 2.81 bits per heavy atom. The van der Waals surface area contributed by atoms with Crippen molar-refractivity contribution < 1.29 is 14.7 Å². The third-order valence-corrected chi connectivity index (χ3v) is 4.13. The summed E-state index contributed by atoms with van der Waals surface area (Å²) >= 11 is 1.69. The maximum atomic E-state index is 11.8. The molecular weight excluding hydrogens is 228 g/mol. The van der Waals surface area contributed by atoms with Crippen molar-refractivity contribution in [1.82, 2.24) is 10.6 Å². The molecule has 6 heteroatoms. The van der Waals surface area contributed by atoms with Crippen LogP contribution in [0.2, 0.25) is 0 Å². The number of carbonyl (C=O) groups is 2. The molecule has 1 saturated carbocycles. The summed E-state index contributed by atoms with van der Waals surface area (Å²) in [5, 5.41) is 14.9. The normalized spacial score (nSPS) is 33.9. The van der Waals surface area contributed by atoms with Crippen LogP contribution in [0.5, 0.6) is 0 Å². The van der Waals surface area contributed by atoms with Crippen LogP contribution in [0, 0.1) is 5.92 Å². The zero-order valence-corrected chi connectivity index (χ0v) is 9.76. The van der Waals surface area contributed by atoms with Crippen LogP contribution < -0.4 is 10.6 Å². The molecule has 3 atom stereocenters. The van der Waals surface area contributed by atoms with Gasteiger partial charge in [-0.3, -0.25) is 14.9 Å². The van der Waals surface area contributed by atoms with Crippen LogP contribution in [0.25, 0.3) is 0 Å². The van der Waals surface area contributed by atoms with E-state index in [2.05, 4.69) is 10.6 Å². The summed E-state index contributed by atoms with van der Waals surface area (Å²) in [6.07, 6.45) is 2.34. The van der Waals surface area contributed by atoms with Gasteiger partial charge in [0.2, 0.25) is 5.91 Å². The van der Waals surface area contributed by atoms with Crippen molar-refractivity contribution in [2.45, 2.75) is 31.3 Å². The zero-order chi connectivity index (χ0) is 11.5. The molecule has 0 spiro atoms. The van der Waals surface area contributed by atoms with Gasteiger partial charge in [-0.25, -0.2) is 0 Å². The van der Waals surface area contributed by atoms with E-state index in [9.17, 15) is 9.59 Å². The number of carbonyl (C=O) groups excluding carboxylic acids is 1. The predicted molar refractivity (Wildman–Crippen MR) is 61.2 cm³/mol. The summed E-state index contributed by atoms with van der Waals surface area (Å²) < 4.78 is 0. The summed E-state index contributed by atoms with van der Waals surface area (Å²) in [6, 6.07) is -0.336. The first-order chi connectivity index (χ1) is 7.68. The molecule has 0 aromatic carbocycles. The highest BCUT2D eigenvalue weighted by molar-refractivity contribution is 7.99. The average molecular weight is 244 g/mol. The van der Waals surface area contributed by atoms with Gasteiger partial charge in [0.1, 0.15) is 0 Å². The fraction of sp³-hybridized carbons (Fsp3) is 0.800. The van der Waals surface area contributed by atoms with E-state index in [0.717, 1.165) is 24.5 Å². The summed E-state index contributed by atoms with van der Waals surface area (Å²) in [7, 11) is 0. The smallest absolute Gasteiger partial charge is 0.308 e. The summed E-state index contributed by atoms with van der Waals surface area (Å²) in [6.45, 7) is 0. The second-order valence-electron chi connectivity index (χ2n) is 4.26. The minimum atomic E-state index is -0.795. The van der Waals surface area contributed by atoms with Crippen molar-refractivity contribution in [3.8, 4) is 0 Å². The molecule has 2 fully saturated rings. The number of nitrogens with one attached hydrogen (secondary N) is 2. The van der Waals surface area contributed by atoms with E-state index in [1.54, 1.807) is 11.8 Å². The van der Waals surface area contributed by atoms with Crippen LogP contribution in [0.4, 0.5) is 0 Å². The quantitative estimate of drug-likeness (QED) is 0.652. The molecule has 90 valence electrons. The highest BCUT2D eigenvalue weighted by Crippen LogP contribution is 2.26. The monoisotopic (exact) mass is 244 g/mol. The first-order valence-corrected chi connectivity index (χ1v) is 6.68. The minimum absolute atomic E-state index is 0.0526. The Hall–Kier alpha value is -0.750. The first-order valence-electron chi connectivity index (χ1n) is 5.53. The first kappa shape index (κ1) is 11.7. The lowest BCUT2D eigenvalue weighted by Crippen LogP contribution is -2.48. The van der Waals surface area contributed by atoms with Crippen molar-refractivity contribution in [2.75, 3.05) is 11.6 Å². The second kappa shape index (κ2) is 5.05. The van der Waals surface area contributed by atoms with Gasteiger partial charge in [0, 0.05) is 17.7 Å². The molecule has 1 saturated heterocycles. The van der Waals surface area contributed by atoms with Gasteiger partial charge in [0.05, 0.1) is 12.0 Å². The Bertz CT molecular complexity index is 292. The van der Waals surface area contributed by atoms with E-state index in [1.165, 1.54) is 0 Å². The highest BCUT2D eigenvalue weighted by Gasteiger charge is 2.35. The number of thioether (sulfide) groups is 1. The molecule has 16 heavy (non-hydrogen) atoms. The summed E-state index contributed by atoms with van der Waals surface area (Å²) in [4.78, 5) is 22.7. The highest BCUT2D eigenvalue weighted by atomic mass is 32.2. The average Bonchev–Trinajstić information content (AvgIpc) is 2.86. The molecule has 1 amide bonds. The van der Waals surface area contributed by atoms with Gasteiger partial charge in [-0.2, -0.15) is 0 Å². The number of hydrogen-bond donors (Lipinski definition) is 3. The fourth-order valence-corrected chi connectivity index (χ4v) is 3.22. The fourth-order valence-electron chi connectivity index (χ4n) is 2.28. The molecule has 1 aliphatic heterocycles. The molecule has 5 nitrogen and oxygen atoms in total. The SMILES string of the molecule is O=C(NC1CCCC1C(=O)O)C1CSCN1. The minimum Gasteiger partial charge on any atom is -0.481 e. The van der Waals surface area contributed by atoms with Crippen LogP contribution in [0.3, 0.4) is 0 Å². The van der Waals surface area contributed by atoms with Crippen molar-refractivity contribution in [3.05, 3.63) is 0 Å². The Morgan fingerprint density at radius 2 is 2.19 bits per heavy atom. The van der Waals surface area contributed by atoms with Crippen LogP contribution in [0.1, 0.15) is 19.3 Å². The third-order valence-electron chi connectivity index (χ3n) is 3.19. The topological polar surface area (TPSA) is 78.4 Å². The Kier molecular flexibility index (Phi) is 3.70. The summed E-state index contributed by atoms with van der Waals surface area (Å²) in [5.41, 5.74) is 0. The molecule has 3 N–H and O–H groups in total. The van der Waals surface area contributed by atoms with Gasteiger partial charge in [0.15, 0.2) is 0 Å². The second-order valence-corrected chi connectivity index (χ2v) is 5.29. The van der Waals surface area contributed by atoms with E-state index in [0.29, 0.717) is 6.42 Å². The molecule has 0 bridgehead atoms. The molecule has 3 unspecified atom stereocenters. The standard InChI is InChI=1S/C10H16N2O3S/c13-9(8-4-16-5-11-8)12-7-3-1-2-6(7)10(14)15/h6-8,11H,1-5H2,(H,12,13)(H,14,15). The van der Waals surface area contributed by atoms with Gasteiger partial charge in [-0.1, -0.05) is 6.42 Å². The number of carboxylic acids is 1. The largest absolute Gasteiger partial charge is 0.481 e. The maximum absolute atomic E-state index is 11.8. The molecule has 0 radical (unpaired) electrons. The van der Waals surface area contributed by atoms with Gasteiger partial charge in [-0.15, -0.1) is 11.8 Å². The maximum Gasteiger partial charge on any atom is 0.308 e. The van der Waals surface area contributed by atoms with E-state index in [4.69, 9.17) is 5.11 Å². The lowest BCUT2D eigenvalue weighted by atomic mass is 10.0. The third kappa shape index (κ3) is 2.49. The van der Waals surface area contributed by atoms with E-state index >= 15 is 0 Å². The Labute approximate surface area is 98.4 Å². The molecule has 2 rings (SSSR count). The number of rotatable bonds is 3. The van der Waals surface area contributed by atoms with Crippen LogP contribution in [-0.2, 0) is 9.59 Å². The van der Waals surface area contributed by atoms with Gasteiger partial charge in [0.25, 0.3) is 0 Å². The van der Waals surface area contributed by atoms with Gasteiger partial charge in [-0.05, 0) is 12.8 Å². The lowest BCUT2D eigenvalue weighted by Gasteiger charge is -2.19. The van der Waals surface area contributed by atoms with Crippen LogP contribution >= 0.6 is 11.8 Å². The van der Waals surface area contributed by atoms with Crippen molar-refractivity contribution in [3.63, 3.8) is 0 Å². The molecular formula is C10H16N2O3S. The number of hydrogen-bond acceptors (Lipinski definition) is 4. The molecule has 2 aliphatic rings. The van der Waals surface area contributed by atoms with Gasteiger partial charge >= 0.3 is 5.97 Å². The van der Waals surface area contributed by atoms with Gasteiger partial charge < -0.3 is 10.4 Å². The number of aliphatic carboxylic acids is 1. The molecule has 1 aliphatic carbocycles. The van der Waals surface area contributed by atoms with Crippen molar-refractivity contribution >= 4 is 23.6 Å². The number of carboxylic acid groups (broad SMARTS) is 1. The van der Waals surface area contributed by atoms with E-state index < -0.39 is 11.9 Å². The van der Waals surface area contributed by atoms with Crippen molar-refractivity contribution in [2.24, 2.45) is 5.92 Å². The molecule has 0 aromatic rings. The molecule has 1 heterocycles. The molecule has 0 aromatic heterocycles. The summed E-state index contributed by atoms with van der Waals surface area (Å²) in [5.74, 6) is 0.319. The van der Waals surface area contributed by atoms with Crippen LogP contribution in [-0.4, -0.2) is 40.7 Å². The Morgan fingerprint density at radius 1 is 1.38 bits per heavy atom. The predicted octanol–water partition coefficient (Wildman–Crippen LogP) is 0.0184. The van der Waals surface area contributed by atoms with E-state index in [1.807, 2.05) is 0 Å². The van der Waals surface area contributed by atoms with E-state index in [-0.39, 0.29) is 18.0 Å². The number of amides is 1. The van der Waals surface area contributed by atoms with Crippen LogP contribution in [0.15, 0.2) is 0 Å². The Balaban J connectivity index is 1.88. The lowest BCUT2D eigenvalue weighted by molar-refractivity contribution is -0.142. The zero-order valence-electron chi connectivity index (χ0n) is 8.94. The van der Waals surface area contributed by atoms with Crippen molar-refractivity contribution in [1.29, 1.82) is 0 Å².